The van der Waals surface area contributed by atoms with Gasteiger partial charge in [0.05, 0.1) is 23.6 Å². The molecule has 12 heteroatoms. The Bertz CT molecular complexity index is 1530. The van der Waals surface area contributed by atoms with Crippen LogP contribution in [0.3, 0.4) is 0 Å². The molecule has 1 aliphatic rings. The number of fused-ring (bicyclic) bond motifs is 2. The van der Waals surface area contributed by atoms with Crippen LogP contribution in [0.2, 0.25) is 0 Å². The fourth-order valence-corrected chi connectivity index (χ4v) is 5.07. The minimum atomic E-state index is -1.04. The SMILES string of the molecule is COC1C=CC=CC(=O)Nc2cc(O)c(NC(=O)c3ccccc3)c(c2O)C=C(C)CC(OC)C(O)C(C)C=C(C)C1OC(N)=O. The first-order valence-electron chi connectivity index (χ1n) is 14.5. The van der Waals surface area contributed by atoms with E-state index < -0.39 is 59.7 Å². The van der Waals surface area contributed by atoms with Gasteiger partial charge in [-0.2, -0.15) is 0 Å². The highest BCUT2D eigenvalue weighted by atomic mass is 16.6. The standard InChI is InChI=1S/C34H41N3O9/c1-19-15-23-29(37-33(42)22-11-7-6-8-12-22)25(38)18-24(31(23)41)36-28(39)14-10-9-13-26(44-4)32(46-34(35)43)21(3)17-20(2)30(40)27(16-19)45-5/h6-15,17-18,20,26-27,30,32,38,40-41H,16H2,1-5H3,(H2,35,43)(H,36,39)(H,37,42). The van der Waals surface area contributed by atoms with Crippen LogP contribution in [0, 0.1) is 5.92 Å². The summed E-state index contributed by atoms with van der Waals surface area (Å²) in [5.41, 5.74) is 6.64. The van der Waals surface area contributed by atoms with Crippen LogP contribution < -0.4 is 16.4 Å². The van der Waals surface area contributed by atoms with Crippen molar-refractivity contribution in [1.82, 2.24) is 0 Å². The van der Waals surface area contributed by atoms with Gasteiger partial charge in [0, 0.05) is 43.4 Å². The summed E-state index contributed by atoms with van der Waals surface area (Å²) in [4.78, 5) is 37.5. The fourth-order valence-electron chi connectivity index (χ4n) is 5.07. The van der Waals surface area contributed by atoms with Gasteiger partial charge in [0.2, 0.25) is 5.91 Å². The van der Waals surface area contributed by atoms with Gasteiger partial charge in [-0.1, -0.05) is 55.0 Å². The molecular weight excluding hydrogens is 594 g/mol. The lowest BCUT2D eigenvalue weighted by molar-refractivity contribution is -0.111. The zero-order chi connectivity index (χ0) is 34.0. The number of anilines is 2. The third kappa shape index (κ3) is 9.30. The van der Waals surface area contributed by atoms with Gasteiger partial charge in [-0.15, -0.1) is 0 Å². The molecule has 2 bridgehead atoms. The number of benzene rings is 2. The molecule has 1 aliphatic heterocycles. The molecular formula is C34H41N3O9. The van der Waals surface area contributed by atoms with Crippen molar-refractivity contribution in [1.29, 1.82) is 0 Å². The zero-order valence-corrected chi connectivity index (χ0v) is 26.4. The number of phenolic OH excluding ortho intramolecular Hbond substituents is 2. The summed E-state index contributed by atoms with van der Waals surface area (Å²) in [7, 11) is 2.86. The van der Waals surface area contributed by atoms with E-state index in [1.54, 1.807) is 63.3 Å². The first-order chi connectivity index (χ1) is 21.9. The number of amides is 3. The average molecular weight is 636 g/mol. The number of rotatable bonds is 5. The predicted octanol–water partition coefficient (Wildman–Crippen LogP) is 4.65. The number of methoxy groups -OCH3 is 2. The smallest absolute Gasteiger partial charge is 0.405 e. The summed E-state index contributed by atoms with van der Waals surface area (Å²) < 4.78 is 16.5. The van der Waals surface area contributed by atoms with Gasteiger partial charge in [-0.25, -0.2) is 4.79 Å². The molecule has 0 aliphatic carbocycles. The van der Waals surface area contributed by atoms with Crippen molar-refractivity contribution >= 4 is 35.4 Å². The van der Waals surface area contributed by atoms with Crippen LogP contribution in [0.25, 0.3) is 6.08 Å². The van der Waals surface area contributed by atoms with Gasteiger partial charge in [-0.3, -0.25) is 9.59 Å². The molecule has 3 amide bonds. The van der Waals surface area contributed by atoms with Gasteiger partial charge in [0.25, 0.3) is 5.91 Å². The van der Waals surface area contributed by atoms with Gasteiger partial charge < -0.3 is 45.9 Å². The highest BCUT2D eigenvalue weighted by Gasteiger charge is 2.29. The number of nitrogens with two attached hydrogens (primary N) is 1. The summed E-state index contributed by atoms with van der Waals surface area (Å²) in [5.74, 6) is -2.50. The molecule has 0 radical (unpaired) electrons. The molecule has 5 unspecified atom stereocenters. The quantitative estimate of drug-likeness (QED) is 0.154. The van der Waals surface area contributed by atoms with Crippen molar-refractivity contribution < 1.29 is 43.9 Å². The maximum absolute atomic E-state index is 13.0. The maximum atomic E-state index is 13.0. The summed E-state index contributed by atoms with van der Waals surface area (Å²) in [6.45, 7) is 5.21. The number of primary amides is 1. The Morgan fingerprint density at radius 3 is 2.39 bits per heavy atom. The van der Waals surface area contributed by atoms with Crippen LogP contribution in [0.5, 0.6) is 11.5 Å². The molecule has 2 aromatic carbocycles. The lowest BCUT2D eigenvalue weighted by Gasteiger charge is -2.28. The van der Waals surface area contributed by atoms with Crippen LogP contribution in [0.4, 0.5) is 16.2 Å². The maximum Gasteiger partial charge on any atom is 0.405 e. The number of hydrogen-bond acceptors (Lipinski definition) is 9. The van der Waals surface area contributed by atoms with E-state index in [0.717, 1.165) is 6.07 Å². The molecule has 0 aromatic heterocycles. The van der Waals surface area contributed by atoms with Crippen molar-refractivity contribution in [2.75, 3.05) is 24.9 Å². The highest BCUT2D eigenvalue weighted by molar-refractivity contribution is 6.08. The summed E-state index contributed by atoms with van der Waals surface area (Å²) >= 11 is 0. The van der Waals surface area contributed by atoms with E-state index in [0.29, 0.717) is 16.7 Å². The van der Waals surface area contributed by atoms with Crippen LogP contribution >= 0.6 is 0 Å². The van der Waals surface area contributed by atoms with E-state index in [1.807, 2.05) is 0 Å². The molecule has 1 heterocycles. The predicted molar refractivity (Wildman–Crippen MR) is 174 cm³/mol. The van der Waals surface area contributed by atoms with Crippen molar-refractivity contribution in [2.45, 2.75) is 51.6 Å². The third-order valence-electron chi connectivity index (χ3n) is 7.43. The molecule has 3 rings (SSSR count). The van der Waals surface area contributed by atoms with Crippen LogP contribution in [-0.4, -0.2) is 71.9 Å². The van der Waals surface area contributed by atoms with Gasteiger partial charge >= 0.3 is 6.09 Å². The second kappa shape index (κ2) is 16.4. The van der Waals surface area contributed by atoms with E-state index >= 15 is 0 Å². The van der Waals surface area contributed by atoms with E-state index in [4.69, 9.17) is 19.9 Å². The van der Waals surface area contributed by atoms with Crippen LogP contribution in [-0.2, 0) is 19.0 Å². The van der Waals surface area contributed by atoms with E-state index in [2.05, 4.69) is 10.6 Å². The number of phenols is 2. The molecule has 0 saturated carbocycles. The molecule has 0 spiro atoms. The molecule has 2 aromatic rings. The first kappa shape index (κ1) is 35.6. The van der Waals surface area contributed by atoms with Gasteiger partial charge in [0.15, 0.2) is 6.10 Å². The lowest BCUT2D eigenvalue weighted by Crippen LogP contribution is -2.36. The van der Waals surface area contributed by atoms with Crippen LogP contribution in [0.1, 0.15) is 43.1 Å². The van der Waals surface area contributed by atoms with E-state index in [1.165, 1.54) is 38.5 Å². The normalized spacial score (nSPS) is 22.7. The van der Waals surface area contributed by atoms with Crippen molar-refractivity contribution in [3.05, 3.63) is 89.1 Å². The number of carbonyl (C=O) groups is 3. The largest absolute Gasteiger partial charge is 0.506 e. The molecule has 5 atom stereocenters. The Hall–Kier alpha value is -4.91. The lowest BCUT2D eigenvalue weighted by atomic mass is 9.91. The first-order valence-corrected chi connectivity index (χ1v) is 14.5. The van der Waals surface area contributed by atoms with E-state index in [-0.39, 0.29) is 23.4 Å². The van der Waals surface area contributed by atoms with Gasteiger partial charge in [0.1, 0.15) is 17.6 Å². The minimum absolute atomic E-state index is 0.0291. The molecule has 0 fully saturated rings. The molecule has 46 heavy (non-hydrogen) atoms. The Balaban J connectivity index is 2.14. The Morgan fingerprint density at radius 1 is 1.07 bits per heavy atom. The fraction of sp³-hybridized carbons (Fsp3) is 0.324. The third-order valence-corrected chi connectivity index (χ3v) is 7.43. The Morgan fingerprint density at radius 2 is 1.76 bits per heavy atom. The number of aliphatic hydroxyl groups excluding tert-OH is 1. The zero-order valence-electron chi connectivity index (χ0n) is 26.4. The van der Waals surface area contributed by atoms with Crippen molar-refractivity contribution in [3.63, 3.8) is 0 Å². The topological polar surface area (TPSA) is 190 Å². The highest BCUT2D eigenvalue weighted by Crippen LogP contribution is 2.42. The summed E-state index contributed by atoms with van der Waals surface area (Å²) in [5, 5.41) is 38.8. The van der Waals surface area contributed by atoms with Crippen molar-refractivity contribution in [2.24, 2.45) is 11.7 Å². The molecule has 0 saturated heterocycles. The number of aliphatic hydroxyl groups is 1. The summed E-state index contributed by atoms with van der Waals surface area (Å²) in [6.07, 6.45) is 4.53. The average Bonchev–Trinajstić information content (AvgIpc) is 3.02. The van der Waals surface area contributed by atoms with E-state index in [9.17, 15) is 29.7 Å². The van der Waals surface area contributed by atoms with Gasteiger partial charge in [-0.05, 0) is 44.1 Å². The monoisotopic (exact) mass is 635 g/mol. The van der Waals surface area contributed by atoms with Crippen molar-refractivity contribution in [3.8, 4) is 11.5 Å². The number of ether oxygens (including phenoxy) is 3. The summed E-state index contributed by atoms with van der Waals surface area (Å²) in [6, 6.07) is 9.45. The Labute approximate surface area is 267 Å². The number of carbonyl (C=O) groups excluding carboxylic acids is 3. The number of hydrogen-bond donors (Lipinski definition) is 6. The van der Waals surface area contributed by atoms with Crippen LogP contribution in [0.15, 0.2) is 77.9 Å². The molecule has 12 nitrogen and oxygen atoms in total. The number of allylic oxidation sites excluding steroid dienone is 2. The second-order valence-corrected chi connectivity index (χ2v) is 10.9. The molecule has 7 N–H and O–H groups in total. The second-order valence-electron chi connectivity index (χ2n) is 10.9. The number of aromatic hydroxyl groups is 2. The Kier molecular flexibility index (Phi) is 12.7. The number of nitrogens with one attached hydrogen (secondary N) is 2. The molecule has 246 valence electrons. The minimum Gasteiger partial charge on any atom is -0.506 e.